The molecule has 100 valence electrons. The molecule has 2 rings (SSSR count). The zero-order valence-corrected chi connectivity index (χ0v) is 12.0. The Bertz CT molecular complexity index is 226. The number of nitrogens with one attached hydrogen (secondary N) is 1. The molecule has 1 aliphatic heterocycles. The molecule has 0 radical (unpaired) electrons. The van der Waals surface area contributed by atoms with E-state index >= 15 is 0 Å². The van der Waals surface area contributed by atoms with Gasteiger partial charge in [0.2, 0.25) is 0 Å². The molecule has 2 aliphatic rings. The van der Waals surface area contributed by atoms with Gasteiger partial charge in [0, 0.05) is 31.2 Å². The Morgan fingerprint density at radius 2 is 1.88 bits per heavy atom. The van der Waals surface area contributed by atoms with Crippen molar-refractivity contribution in [3.8, 4) is 0 Å². The minimum absolute atomic E-state index is 0.471. The monoisotopic (exact) mass is 238 g/mol. The molecule has 1 heterocycles. The molecule has 1 unspecified atom stereocenters. The van der Waals surface area contributed by atoms with Gasteiger partial charge < -0.3 is 5.32 Å². The highest BCUT2D eigenvalue weighted by Crippen LogP contribution is 2.32. The van der Waals surface area contributed by atoms with Crippen molar-refractivity contribution >= 4 is 0 Å². The van der Waals surface area contributed by atoms with Crippen LogP contribution in [0.15, 0.2) is 0 Å². The first-order chi connectivity index (χ1) is 8.17. The van der Waals surface area contributed by atoms with Crippen LogP contribution in [0.3, 0.4) is 0 Å². The lowest BCUT2D eigenvalue weighted by atomic mass is 9.79. The van der Waals surface area contributed by atoms with Crippen LogP contribution < -0.4 is 5.32 Å². The zero-order chi connectivity index (χ0) is 12.3. The Morgan fingerprint density at radius 1 is 1.18 bits per heavy atom. The van der Waals surface area contributed by atoms with Gasteiger partial charge in [-0.2, -0.15) is 0 Å². The van der Waals surface area contributed by atoms with Gasteiger partial charge in [-0.3, -0.25) is 4.90 Å². The first-order valence-corrected chi connectivity index (χ1v) is 7.66. The lowest BCUT2D eigenvalue weighted by Gasteiger charge is -2.49. The lowest BCUT2D eigenvalue weighted by molar-refractivity contribution is 0.0498. The summed E-state index contributed by atoms with van der Waals surface area (Å²) < 4.78 is 0. The van der Waals surface area contributed by atoms with E-state index < -0.39 is 0 Å². The average Bonchev–Trinajstić information content (AvgIpc) is 2.30. The largest absolute Gasteiger partial charge is 0.309 e. The molecule has 1 saturated carbocycles. The summed E-state index contributed by atoms with van der Waals surface area (Å²) in [5, 5.41) is 3.84. The lowest BCUT2D eigenvalue weighted by Crippen LogP contribution is -2.63. The molecule has 1 N–H and O–H groups in total. The zero-order valence-electron chi connectivity index (χ0n) is 12.0. The van der Waals surface area contributed by atoms with Crippen LogP contribution in [0.2, 0.25) is 0 Å². The maximum Gasteiger partial charge on any atom is 0.0309 e. The van der Waals surface area contributed by atoms with Crippen molar-refractivity contribution in [2.75, 3.05) is 19.6 Å². The first-order valence-electron chi connectivity index (χ1n) is 7.66. The maximum absolute atomic E-state index is 3.84. The summed E-state index contributed by atoms with van der Waals surface area (Å²) in [6.07, 6.45) is 8.41. The van der Waals surface area contributed by atoms with Crippen LogP contribution >= 0.6 is 0 Å². The molecular formula is C15H30N2. The highest BCUT2D eigenvalue weighted by molar-refractivity contribution is 4.98. The minimum atomic E-state index is 0.471. The highest BCUT2D eigenvalue weighted by Gasteiger charge is 2.38. The summed E-state index contributed by atoms with van der Waals surface area (Å²) in [4.78, 5) is 2.77. The predicted molar refractivity (Wildman–Crippen MR) is 74.3 cm³/mol. The number of hydrogen-bond acceptors (Lipinski definition) is 2. The summed E-state index contributed by atoms with van der Waals surface area (Å²) in [6, 6.07) is 0.788. The van der Waals surface area contributed by atoms with Crippen molar-refractivity contribution in [2.45, 2.75) is 70.9 Å². The molecule has 1 aliphatic carbocycles. The second-order valence-electron chi connectivity index (χ2n) is 6.46. The van der Waals surface area contributed by atoms with Crippen LogP contribution in [0.25, 0.3) is 0 Å². The van der Waals surface area contributed by atoms with E-state index in [1.165, 1.54) is 58.2 Å². The van der Waals surface area contributed by atoms with Crippen molar-refractivity contribution in [1.82, 2.24) is 10.2 Å². The summed E-state index contributed by atoms with van der Waals surface area (Å²) in [5.41, 5.74) is 0.471. The molecule has 0 aromatic heterocycles. The Labute approximate surface area is 107 Å². The van der Waals surface area contributed by atoms with Crippen molar-refractivity contribution in [3.05, 3.63) is 0 Å². The van der Waals surface area contributed by atoms with Gasteiger partial charge in [-0.15, -0.1) is 0 Å². The van der Waals surface area contributed by atoms with Crippen LogP contribution in [0.5, 0.6) is 0 Å². The third-order valence-corrected chi connectivity index (χ3v) is 4.87. The van der Waals surface area contributed by atoms with Gasteiger partial charge in [-0.05, 0) is 25.2 Å². The van der Waals surface area contributed by atoms with Gasteiger partial charge in [-0.1, -0.05) is 40.0 Å². The van der Waals surface area contributed by atoms with E-state index in [2.05, 4.69) is 31.0 Å². The Morgan fingerprint density at radius 3 is 2.47 bits per heavy atom. The first kappa shape index (κ1) is 13.4. The second-order valence-corrected chi connectivity index (χ2v) is 6.46. The SMILES string of the molecule is CCC(C(C)C)N1CCNC2(CCCCC2)C1. The summed E-state index contributed by atoms with van der Waals surface area (Å²) >= 11 is 0. The molecule has 2 heteroatoms. The van der Waals surface area contributed by atoms with Crippen LogP contribution in [-0.4, -0.2) is 36.1 Å². The molecule has 2 nitrogen and oxygen atoms in total. The average molecular weight is 238 g/mol. The van der Waals surface area contributed by atoms with Gasteiger partial charge in [0.1, 0.15) is 0 Å². The number of piperazine rings is 1. The molecule has 2 fully saturated rings. The molecule has 0 bridgehead atoms. The smallest absolute Gasteiger partial charge is 0.0309 e. The maximum atomic E-state index is 3.84. The van der Waals surface area contributed by atoms with E-state index in [0.717, 1.165) is 12.0 Å². The van der Waals surface area contributed by atoms with Crippen LogP contribution in [0.1, 0.15) is 59.3 Å². The van der Waals surface area contributed by atoms with Gasteiger partial charge in [0.15, 0.2) is 0 Å². The number of rotatable bonds is 3. The molecule has 1 saturated heterocycles. The summed E-state index contributed by atoms with van der Waals surface area (Å²) in [7, 11) is 0. The third-order valence-electron chi connectivity index (χ3n) is 4.87. The van der Waals surface area contributed by atoms with Gasteiger partial charge in [0.05, 0.1) is 0 Å². The van der Waals surface area contributed by atoms with E-state index in [4.69, 9.17) is 0 Å². The standard InChI is InChI=1S/C15H30N2/c1-4-14(13(2)3)17-11-10-16-15(12-17)8-6-5-7-9-15/h13-14,16H,4-12H2,1-3H3. The van der Waals surface area contributed by atoms with Gasteiger partial charge in [-0.25, -0.2) is 0 Å². The molecular weight excluding hydrogens is 208 g/mol. The minimum Gasteiger partial charge on any atom is -0.309 e. The van der Waals surface area contributed by atoms with E-state index in [-0.39, 0.29) is 0 Å². The van der Waals surface area contributed by atoms with E-state index in [0.29, 0.717) is 5.54 Å². The normalized spacial score (nSPS) is 27.5. The Kier molecular flexibility index (Phi) is 4.48. The van der Waals surface area contributed by atoms with Crippen LogP contribution in [-0.2, 0) is 0 Å². The van der Waals surface area contributed by atoms with Crippen LogP contribution in [0.4, 0.5) is 0 Å². The topological polar surface area (TPSA) is 15.3 Å². The molecule has 17 heavy (non-hydrogen) atoms. The summed E-state index contributed by atoms with van der Waals surface area (Å²) in [5.74, 6) is 0.791. The number of nitrogens with zero attached hydrogens (tertiary/aromatic N) is 1. The van der Waals surface area contributed by atoms with Gasteiger partial charge >= 0.3 is 0 Å². The molecule has 0 aromatic carbocycles. The molecule has 1 spiro atoms. The van der Waals surface area contributed by atoms with Crippen molar-refractivity contribution < 1.29 is 0 Å². The van der Waals surface area contributed by atoms with Crippen LogP contribution in [0, 0.1) is 5.92 Å². The van der Waals surface area contributed by atoms with E-state index in [1.54, 1.807) is 0 Å². The molecule has 0 aromatic rings. The molecule has 0 amide bonds. The van der Waals surface area contributed by atoms with Gasteiger partial charge in [0.25, 0.3) is 0 Å². The fraction of sp³-hybridized carbons (Fsp3) is 1.00. The fourth-order valence-corrected chi connectivity index (χ4v) is 3.99. The van der Waals surface area contributed by atoms with Crippen molar-refractivity contribution in [2.24, 2.45) is 5.92 Å². The number of hydrogen-bond donors (Lipinski definition) is 1. The Balaban J connectivity index is 2.00. The quantitative estimate of drug-likeness (QED) is 0.813. The Hall–Kier alpha value is -0.0800. The van der Waals surface area contributed by atoms with E-state index in [1.807, 2.05) is 0 Å². The third kappa shape index (κ3) is 3.03. The second kappa shape index (κ2) is 5.71. The predicted octanol–water partition coefficient (Wildman–Crippen LogP) is 3.03. The molecule has 1 atom stereocenters. The fourth-order valence-electron chi connectivity index (χ4n) is 3.99. The van der Waals surface area contributed by atoms with Crippen molar-refractivity contribution in [1.29, 1.82) is 0 Å². The van der Waals surface area contributed by atoms with E-state index in [9.17, 15) is 0 Å². The highest BCUT2D eigenvalue weighted by atomic mass is 15.2. The van der Waals surface area contributed by atoms with Crippen molar-refractivity contribution in [3.63, 3.8) is 0 Å². The summed E-state index contributed by atoms with van der Waals surface area (Å²) in [6.45, 7) is 10.8.